The fraction of sp³-hybridized carbons (Fsp3) is 1.00. The van der Waals surface area contributed by atoms with Crippen LogP contribution in [0.2, 0.25) is 0 Å². The molecule has 0 aromatic heterocycles. The molecule has 0 aromatic rings. The van der Waals surface area contributed by atoms with Crippen molar-refractivity contribution in [2.24, 2.45) is 0 Å². The van der Waals surface area contributed by atoms with Crippen LogP contribution in [0.3, 0.4) is 0 Å². The number of hydrogen-bond donors (Lipinski definition) is 1. The third-order valence-electron chi connectivity index (χ3n) is 3.23. The molecule has 1 saturated heterocycles. The zero-order chi connectivity index (χ0) is 10.6. The topological polar surface area (TPSA) is 15.3 Å². The minimum Gasteiger partial charge on any atom is -0.314 e. The summed E-state index contributed by atoms with van der Waals surface area (Å²) in [5.41, 5.74) is 0.456. The molecule has 0 atom stereocenters. The largest absolute Gasteiger partial charge is 0.314 e. The van der Waals surface area contributed by atoms with E-state index < -0.39 is 0 Å². The molecule has 1 N–H and O–H groups in total. The summed E-state index contributed by atoms with van der Waals surface area (Å²) in [5, 5.41) is 3.47. The van der Waals surface area contributed by atoms with Crippen LogP contribution in [0.15, 0.2) is 0 Å². The maximum atomic E-state index is 3.47. The summed E-state index contributed by atoms with van der Waals surface area (Å²) < 4.78 is 0. The van der Waals surface area contributed by atoms with Gasteiger partial charge < -0.3 is 5.32 Å². The van der Waals surface area contributed by atoms with Gasteiger partial charge in [0.25, 0.3) is 0 Å². The first-order valence-corrected chi connectivity index (χ1v) is 6.01. The van der Waals surface area contributed by atoms with Gasteiger partial charge >= 0.3 is 0 Å². The van der Waals surface area contributed by atoms with Crippen LogP contribution in [-0.4, -0.2) is 36.1 Å². The molecule has 1 heterocycles. The van der Waals surface area contributed by atoms with Crippen molar-refractivity contribution >= 4 is 0 Å². The van der Waals surface area contributed by atoms with Gasteiger partial charge in [0.15, 0.2) is 0 Å². The van der Waals surface area contributed by atoms with E-state index in [9.17, 15) is 0 Å². The lowest BCUT2D eigenvalue weighted by atomic mass is 10.0. The monoisotopic (exact) mass is 198 g/mol. The molecule has 0 radical (unpaired) electrons. The standard InChI is InChI=1S/C12H26N2/c1-11(2)13-8-6-10-14-9-5-7-12(14,3)4/h11,13H,5-10H2,1-4H3. The smallest absolute Gasteiger partial charge is 0.0153 e. The predicted molar refractivity (Wildman–Crippen MR) is 62.6 cm³/mol. The zero-order valence-electron chi connectivity index (χ0n) is 10.3. The lowest BCUT2D eigenvalue weighted by Gasteiger charge is -2.31. The van der Waals surface area contributed by atoms with Crippen LogP contribution < -0.4 is 5.32 Å². The van der Waals surface area contributed by atoms with Gasteiger partial charge in [0.05, 0.1) is 0 Å². The molecule has 1 aliphatic rings. The highest BCUT2D eigenvalue weighted by atomic mass is 15.2. The Bertz CT molecular complexity index is 164. The quantitative estimate of drug-likeness (QED) is 0.682. The normalized spacial score (nSPS) is 22.1. The minimum absolute atomic E-state index is 0.456. The lowest BCUT2D eigenvalue weighted by molar-refractivity contribution is 0.172. The molecule has 0 aromatic carbocycles. The Kier molecular flexibility index (Phi) is 4.39. The number of rotatable bonds is 5. The maximum Gasteiger partial charge on any atom is 0.0153 e. The summed E-state index contributed by atoms with van der Waals surface area (Å²) in [6.07, 6.45) is 4.02. The van der Waals surface area contributed by atoms with Crippen molar-refractivity contribution in [3.8, 4) is 0 Å². The second-order valence-corrected chi connectivity index (χ2v) is 5.37. The van der Waals surface area contributed by atoms with Gasteiger partial charge in [-0.3, -0.25) is 4.90 Å². The van der Waals surface area contributed by atoms with Crippen LogP contribution in [-0.2, 0) is 0 Å². The number of nitrogens with zero attached hydrogens (tertiary/aromatic N) is 1. The second-order valence-electron chi connectivity index (χ2n) is 5.37. The fourth-order valence-corrected chi connectivity index (χ4v) is 2.24. The molecule has 0 unspecified atom stereocenters. The molecule has 0 aliphatic carbocycles. The highest BCUT2D eigenvalue weighted by Crippen LogP contribution is 2.27. The van der Waals surface area contributed by atoms with Crippen LogP contribution in [0.5, 0.6) is 0 Å². The molecule has 0 bridgehead atoms. The van der Waals surface area contributed by atoms with Gasteiger partial charge in [-0.25, -0.2) is 0 Å². The van der Waals surface area contributed by atoms with E-state index in [1.807, 2.05) is 0 Å². The van der Waals surface area contributed by atoms with E-state index in [2.05, 4.69) is 37.9 Å². The number of nitrogens with one attached hydrogen (secondary N) is 1. The van der Waals surface area contributed by atoms with Gasteiger partial charge in [-0.15, -0.1) is 0 Å². The number of likely N-dealkylation sites (tertiary alicyclic amines) is 1. The Morgan fingerprint density at radius 2 is 2.07 bits per heavy atom. The molecule has 1 aliphatic heterocycles. The summed E-state index contributed by atoms with van der Waals surface area (Å²) in [4.78, 5) is 2.63. The minimum atomic E-state index is 0.456. The second kappa shape index (κ2) is 5.13. The Balaban J connectivity index is 2.12. The van der Waals surface area contributed by atoms with Gasteiger partial charge in [-0.05, 0) is 52.7 Å². The summed E-state index contributed by atoms with van der Waals surface area (Å²) in [6.45, 7) is 12.9. The molecule has 2 nitrogen and oxygen atoms in total. The van der Waals surface area contributed by atoms with E-state index in [0.717, 1.165) is 6.54 Å². The molecule has 0 spiro atoms. The Labute approximate surface area is 89.1 Å². The molecule has 2 heteroatoms. The van der Waals surface area contributed by atoms with E-state index in [1.165, 1.54) is 32.4 Å². The molecule has 0 saturated carbocycles. The van der Waals surface area contributed by atoms with Gasteiger partial charge in [0.1, 0.15) is 0 Å². The number of hydrogen-bond acceptors (Lipinski definition) is 2. The van der Waals surface area contributed by atoms with Crippen molar-refractivity contribution in [2.75, 3.05) is 19.6 Å². The molecule has 1 fully saturated rings. The Morgan fingerprint density at radius 3 is 2.57 bits per heavy atom. The maximum absolute atomic E-state index is 3.47. The van der Waals surface area contributed by atoms with Crippen molar-refractivity contribution in [1.29, 1.82) is 0 Å². The third kappa shape index (κ3) is 3.58. The highest BCUT2D eigenvalue weighted by Gasteiger charge is 2.30. The van der Waals surface area contributed by atoms with E-state index in [-0.39, 0.29) is 0 Å². The van der Waals surface area contributed by atoms with Crippen molar-refractivity contribution in [2.45, 2.75) is 58.5 Å². The van der Waals surface area contributed by atoms with Gasteiger partial charge in [-0.2, -0.15) is 0 Å². The van der Waals surface area contributed by atoms with Crippen molar-refractivity contribution in [3.63, 3.8) is 0 Å². The molecule has 14 heavy (non-hydrogen) atoms. The van der Waals surface area contributed by atoms with E-state index in [1.54, 1.807) is 0 Å². The summed E-state index contributed by atoms with van der Waals surface area (Å²) in [6, 6.07) is 0.626. The van der Waals surface area contributed by atoms with E-state index in [0.29, 0.717) is 11.6 Å². The van der Waals surface area contributed by atoms with Gasteiger partial charge in [-0.1, -0.05) is 13.8 Å². The van der Waals surface area contributed by atoms with Crippen molar-refractivity contribution < 1.29 is 0 Å². The molecule has 84 valence electrons. The predicted octanol–water partition coefficient (Wildman–Crippen LogP) is 2.25. The molecular formula is C12H26N2. The van der Waals surface area contributed by atoms with Crippen molar-refractivity contribution in [1.82, 2.24) is 10.2 Å². The fourth-order valence-electron chi connectivity index (χ4n) is 2.24. The summed E-state index contributed by atoms with van der Waals surface area (Å²) in [5.74, 6) is 0. The van der Waals surface area contributed by atoms with E-state index in [4.69, 9.17) is 0 Å². The van der Waals surface area contributed by atoms with Crippen LogP contribution in [0.1, 0.15) is 47.0 Å². The summed E-state index contributed by atoms with van der Waals surface area (Å²) >= 11 is 0. The van der Waals surface area contributed by atoms with Gasteiger partial charge in [0.2, 0.25) is 0 Å². The Morgan fingerprint density at radius 1 is 1.36 bits per heavy atom. The SMILES string of the molecule is CC(C)NCCCN1CCCC1(C)C. The van der Waals surface area contributed by atoms with Crippen molar-refractivity contribution in [3.05, 3.63) is 0 Å². The van der Waals surface area contributed by atoms with Crippen LogP contribution in [0, 0.1) is 0 Å². The molecule has 1 rings (SSSR count). The highest BCUT2D eigenvalue weighted by molar-refractivity contribution is 4.87. The molecular weight excluding hydrogens is 172 g/mol. The first-order chi connectivity index (χ1) is 6.52. The van der Waals surface area contributed by atoms with Crippen LogP contribution >= 0.6 is 0 Å². The Hall–Kier alpha value is -0.0800. The van der Waals surface area contributed by atoms with Crippen LogP contribution in [0.25, 0.3) is 0 Å². The van der Waals surface area contributed by atoms with Crippen LogP contribution in [0.4, 0.5) is 0 Å². The lowest BCUT2D eigenvalue weighted by Crippen LogP contribution is -2.39. The first kappa shape index (κ1) is 12.0. The third-order valence-corrected chi connectivity index (χ3v) is 3.23. The molecule has 0 amide bonds. The first-order valence-electron chi connectivity index (χ1n) is 6.01. The average molecular weight is 198 g/mol. The van der Waals surface area contributed by atoms with Gasteiger partial charge in [0, 0.05) is 11.6 Å². The van der Waals surface area contributed by atoms with E-state index >= 15 is 0 Å². The summed E-state index contributed by atoms with van der Waals surface area (Å²) in [7, 11) is 0. The average Bonchev–Trinajstić information content (AvgIpc) is 2.39. The zero-order valence-corrected chi connectivity index (χ0v) is 10.3.